The summed E-state index contributed by atoms with van der Waals surface area (Å²) in [5, 5.41) is 11.9. The summed E-state index contributed by atoms with van der Waals surface area (Å²) in [4.78, 5) is 38.4. The number of urea groups is 1. The zero-order valence-electron chi connectivity index (χ0n) is 22.1. The van der Waals surface area contributed by atoms with Gasteiger partial charge in [0, 0.05) is 66.5 Å². The number of hydrogen-bond donors (Lipinski definition) is 3. The molecule has 1 aromatic carbocycles. The number of anilines is 1. The Hall–Kier alpha value is -4.87. The summed E-state index contributed by atoms with van der Waals surface area (Å²) in [7, 11) is 2.06. The number of H-pyrrole nitrogens is 2. The van der Waals surface area contributed by atoms with Gasteiger partial charge in [0.25, 0.3) is 0 Å². The third-order valence-electron chi connectivity index (χ3n) is 7.27. The SMILES string of the molecule is CN1CCN(C(=O)Nc2cncc(-c3cnc4[nH]nc(-c5nc6c(-c7cccc(Cl)c7)ccnc6[nH]5)c4c3)c2)CC1. The number of aromatic nitrogens is 7. The van der Waals surface area contributed by atoms with E-state index in [4.69, 9.17) is 16.6 Å². The van der Waals surface area contributed by atoms with Crippen LogP contribution in [-0.4, -0.2) is 84.2 Å². The Kier molecular flexibility index (Phi) is 6.29. The molecule has 204 valence electrons. The minimum Gasteiger partial charge on any atom is -0.322 e. The van der Waals surface area contributed by atoms with Gasteiger partial charge in [0.05, 0.1) is 17.3 Å². The average molecular weight is 565 g/mol. The van der Waals surface area contributed by atoms with E-state index in [9.17, 15) is 4.79 Å². The van der Waals surface area contributed by atoms with Crippen LogP contribution in [0.2, 0.25) is 5.02 Å². The molecule has 1 aliphatic heterocycles. The van der Waals surface area contributed by atoms with E-state index >= 15 is 0 Å². The molecule has 11 nitrogen and oxygen atoms in total. The molecular weight excluding hydrogens is 540 g/mol. The van der Waals surface area contributed by atoms with E-state index in [2.05, 4.69) is 47.4 Å². The molecule has 2 amide bonds. The fourth-order valence-electron chi connectivity index (χ4n) is 5.03. The first-order valence-electron chi connectivity index (χ1n) is 13.2. The highest BCUT2D eigenvalue weighted by Gasteiger charge is 2.20. The number of nitrogens with zero attached hydrogens (tertiary/aromatic N) is 7. The molecule has 0 atom stereocenters. The fourth-order valence-corrected chi connectivity index (χ4v) is 5.22. The van der Waals surface area contributed by atoms with E-state index < -0.39 is 0 Å². The predicted molar refractivity (Wildman–Crippen MR) is 159 cm³/mol. The van der Waals surface area contributed by atoms with Crippen LogP contribution in [0.1, 0.15) is 0 Å². The monoisotopic (exact) mass is 564 g/mol. The van der Waals surface area contributed by atoms with Crippen LogP contribution in [0.15, 0.2) is 67.3 Å². The van der Waals surface area contributed by atoms with Crippen molar-refractivity contribution in [3.63, 3.8) is 0 Å². The van der Waals surface area contributed by atoms with Gasteiger partial charge >= 0.3 is 6.03 Å². The molecule has 41 heavy (non-hydrogen) atoms. The van der Waals surface area contributed by atoms with E-state index in [0.717, 1.165) is 46.2 Å². The number of nitrogens with one attached hydrogen (secondary N) is 3. The van der Waals surface area contributed by atoms with Crippen LogP contribution < -0.4 is 5.32 Å². The van der Waals surface area contributed by atoms with Gasteiger partial charge in [0.2, 0.25) is 0 Å². The summed E-state index contributed by atoms with van der Waals surface area (Å²) in [5.74, 6) is 0.568. The summed E-state index contributed by atoms with van der Waals surface area (Å²) in [5.41, 5.74) is 6.75. The van der Waals surface area contributed by atoms with Gasteiger partial charge in [-0.1, -0.05) is 23.7 Å². The van der Waals surface area contributed by atoms with Crippen LogP contribution in [0.4, 0.5) is 10.5 Å². The second-order valence-corrected chi connectivity index (χ2v) is 10.5. The number of piperazine rings is 1. The first-order chi connectivity index (χ1) is 20.0. The smallest absolute Gasteiger partial charge is 0.321 e. The molecule has 0 radical (unpaired) electrons. The number of halogens is 1. The number of amides is 2. The van der Waals surface area contributed by atoms with Gasteiger partial charge in [-0.15, -0.1) is 0 Å². The minimum absolute atomic E-state index is 0.126. The lowest BCUT2D eigenvalue weighted by Crippen LogP contribution is -2.48. The number of hydrogen-bond acceptors (Lipinski definition) is 7. The second kappa shape index (κ2) is 10.3. The highest BCUT2D eigenvalue weighted by Crippen LogP contribution is 2.32. The van der Waals surface area contributed by atoms with Gasteiger partial charge in [0.15, 0.2) is 17.1 Å². The molecule has 0 bridgehead atoms. The van der Waals surface area contributed by atoms with Crippen LogP contribution in [0.3, 0.4) is 0 Å². The van der Waals surface area contributed by atoms with Crippen molar-refractivity contribution in [3.8, 4) is 33.8 Å². The van der Waals surface area contributed by atoms with Crippen molar-refractivity contribution < 1.29 is 4.79 Å². The average Bonchev–Trinajstić information content (AvgIpc) is 3.61. The standard InChI is InChI=1S/C29H25ClN10O/c1-39-7-9-40(10-8-39)29(41)34-21-12-18(14-31-16-21)19-13-23-25(37-38-26(23)33-15-19)28-35-24-22(5-6-32-27(24)36-28)17-3-2-4-20(30)11-17/h2-6,11-16H,7-10H2,1H3,(H,34,41)(H,32,35,36)(H,33,37,38). The number of aromatic amines is 2. The van der Waals surface area contributed by atoms with Crippen LogP contribution in [0, 0.1) is 0 Å². The fraction of sp³-hybridized carbons (Fsp3) is 0.172. The Morgan fingerprint density at radius 3 is 2.66 bits per heavy atom. The number of imidazole rings is 1. The Morgan fingerprint density at radius 2 is 1.80 bits per heavy atom. The van der Waals surface area contributed by atoms with Crippen molar-refractivity contribution in [1.82, 2.24) is 44.9 Å². The number of carbonyl (C=O) groups is 1. The summed E-state index contributed by atoms with van der Waals surface area (Å²) >= 11 is 6.24. The van der Waals surface area contributed by atoms with E-state index in [-0.39, 0.29) is 6.03 Å². The van der Waals surface area contributed by atoms with Crippen molar-refractivity contribution in [1.29, 1.82) is 0 Å². The van der Waals surface area contributed by atoms with Gasteiger partial charge in [-0.3, -0.25) is 10.1 Å². The van der Waals surface area contributed by atoms with Crippen molar-refractivity contribution in [2.75, 3.05) is 38.5 Å². The molecule has 7 rings (SSSR count). The van der Waals surface area contributed by atoms with Crippen molar-refractivity contribution in [3.05, 3.63) is 72.3 Å². The molecule has 0 saturated carbocycles. The zero-order valence-corrected chi connectivity index (χ0v) is 22.9. The lowest BCUT2D eigenvalue weighted by Gasteiger charge is -2.32. The number of fused-ring (bicyclic) bond motifs is 2. The second-order valence-electron chi connectivity index (χ2n) is 10.0. The Balaban J connectivity index is 1.21. The maximum atomic E-state index is 12.8. The van der Waals surface area contributed by atoms with E-state index in [1.807, 2.05) is 47.4 Å². The first-order valence-corrected chi connectivity index (χ1v) is 13.5. The van der Waals surface area contributed by atoms with Gasteiger partial charge in [-0.05, 0) is 42.9 Å². The van der Waals surface area contributed by atoms with Crippen LogP contribution in [0.25, 0.3) is 56.0 Å². The molecule has 1 saturated heterocycles. The number of carbonyl (C=O) groups excluding carboxylic acids is 1. The van der Waals surface area contributed by atoms with Gasteiger partial charge in [-0.25, -0.2) is 19.7 Å². The highest BCUT2D eigenvalue weighted by atomic mass is 35.5. The Morgan fingerprint density at radius 1 is 0.951 bits per heavy atom. The molecular formula is C29H25ClN10O. The van der Waals surface area contributed by atoms with E-state index in [0.29, 0.717) is 46.6 Å². The first kappa shape index (κ1) is 25.1. The largest absolute Gasteiger partial charge is 0.322 e. The molecule has 0 spiro atoms. The Labute approximate surface area is 239 Å². The summed E-state index contributed by atoms with van der Waals surface area (Å²) in [6.45, 7) is 3.09. The topological polar surface area (TPSA) is 132 Å². The van der Waals surface area contributed by atoms with Gasteiger partial charge in [0.1, 0.15) is 11.2 Å². The molecule has 0 unspecified atom stereocenters. The third kappa shape index (κ3) is 4.85. The van der Waals surface area contributed by atoms with Crippen molar-refractivity contribution >= 4 is 45.5 Å². The molecule has 3 N–H and O–H groups in total. The summed E-state index contributed by atoms with van der Waals surface area (Å²) < 4.78 is 0. The molecule has 6 heterocycles. The summed E-state index contributed by atoms with van der Waals surface area (Å²) in [6.07, 6.45) is 6.89. The minimum atomic E-state index is -0.126. The quantitative estimate of drug-likeness (QED) is 0.273. The molecule has 5 aromatic heterocycles. The third-order valence-corrected chi connectivity index (χ3v) is 7.51. The normalized spacial score (nSPS) is 14.1. The Bertz CT molecular complexity index is 1910. The number of pyridine rings is 3. The number of likely N-dealkylation sites (N-methyl/N-ethyl adjacent to an activating group) is 1. The maximum Gasteiger partial charge on any atom is 0.321 e. The van der Waals surface area contributed by atoms with Crippen molar-refractivity contribution in [2.45, 2.75) is 0 Å². The predicted octanol–water partition coefficient (Wildman–Crippen LogP) is 5.06. The molecule has 1 fully saturated rings. The number of benzene rings is 1. The van der Waals surface area contributed by atoms with Crippen LogP contribution in [0.5, 0.6) is 0 Å². The van der Waals surface area contributed by atoms with E-state index in [1.54, 1.807) is 24.8 Å². The van der Waals surface area contributed by atoms with Gasteiger partial charge in [-0.2, -0.15) is 5.10 Å². The molecule has 6 aromatic rings. The van der Waals surface area contributed by atoms with Crippen LogP contribution in [-0.2, 0) is 0 Å². The van der Waals surface area contributed by atoms with Crippen LogP contribution >= 0.6 is 11.6 Å². The molecule has 1 aliphatic rings. The lowest BCUT2D eigenvalue weighted by molar-refractivity contribution is 0.164. The highest BCUT2D eigenvalue weighted by molar-refractivity contribution is 6.30. The van der Waals surface area contributed by atoms with Gasteiger partial charge < -0.3 is 20.1 Å². The lowest BCUT2D eigenvalue weighted by atomic mass is 10.1. The van der Waals surface area contributed by atoms with E-state index in [1.165, 1.54) is 0 Å². The maximum absolute atomic E-state index is 12.8. The number of rotatable bonds is 4. The van der Waals surface area contributed by atoms with Crippen molar-refractivity contribution in [2.24, 2.45) is 0 Å². The summed E-state index contributed by atoms with van der Waals surface area (Å²) in [6, 6.07) is 13.3. The zero-order chi connectivity index (χ0) is 27.9. The molecule has 12 heteroatoms. The molecule has 0 aliphatic carbocycles.